The second kappa shape index (κ2) is 2.97. The van der Waals surface area contributed by atoms with Crippen LogP contribution in [0, 0.1) is 0 Å². The molecule has 0 aromatic heterocycles. The standard InChI is InChI=1S/C7H10N2.ClH/c1-4-9-7-2-3-8-5-6(1)7;/h2-3,8-9H,1,4-5H2;1H. The van der Waals surface area contributed by atoms with Crippen LogP contribution in [0.15, 0.2) is 23.5 Å². The lowest BCUT2D eigenvalue weighted by Crippen LogP contribution is -2.15. The topological polar surface area (TPSA) is 24.1 Å². The molecule has 0 bridgehead atoms. The second-order valence-corrected chi connectivity index (χ2v) is 2.41. The van der Waals surface area contributed by atoms with Crippen molar-refractivity contribution in [3.63, 3.8) is 0 Å². The van der Waals surface area contributed by atoms with Crippen LogP contribution >= 0.6 is 12.4 Å². The third kappa shape index (κ3) is 1.12. The van der Waals surface area contributed by atoms with Gasteiger partial charge in [0.05, 0.1) is 0 Å². The Morgan fingerprint density at radius 3 is 3.10 bits per heavy atom. The Balaban J connectivity index is 0.000000500. The smallest absolute Gasteiger partial charge is 0.0378 e. The zero-order chi connectivity index (χ0) is 6.10. The number of dihydropyridines is 1. The molecule has 0 radical (unpaired) electrons. The van der Waals surface area contributed by atoms with E-state index >= 15 is 0 Å². The number of rotatable bonds is 0. The maximum absolute atomic E-state index is 3.31. The van der Waals surface area contributed by atoms with Gasteiger partial charge in [-0.1, -0.05) is 0 Å². The van der Waals surface area contributed by atoms with Crippen molar-refractivity contribution in [1.29, 1.82) is 0 Å². The summed E-state index contributed by atoms with van der Waals surface area (Å²) >= 11 is 0. The fraction of sp³-hybridized carbons (Fsp3) is 0.429. The van der Waals surface area contributed by atoms with Crippen LogP contribution in [-0.4, -0.2) is 13.1 Å². The Bertz CT molecular complexity index is 184. The summed E-state index contributed by atoms with van der Waals surface area (Å²) in [6.07, 6.45) is 5.32. The van der Waals surface area contributed by atoms with E-state index in [-0.39, 0.29) is 12.4 Å². The average molecular weight is 159 g/mol. The van der Waals surface area contributed by atoms with Crippen LogP contribution in [0.3, 0.4) is 0 Å². The first-order valence-electron chi connectivity index (χ1n) is 3.32. The van der Waals surface area contributed by atoms with Crippen molar-refractivity contribution in [2.75, 3.05) is 13.1 Å². The lowest BCUT2D eigenvalue weighted by atomic mass is 10.1. The van der Waals surface area contributed by atoms with Gasteiger partial charge in [-0.3, -0.25) is 0 Å². The normalized spacial score (nSPS) is 20.8. The summed E-state index contributed by atoms with van der Waals surface area (Å²) in [5.74, 6) is 0. The summed E-state index contributed by atoms with van der Waals surface area (Å²) in [7, 11) is 0. The summed E-state index contributed by atoms with van der Waals surface area (Å²) in [6, 6.07) is 0. The maximum atomic E-state index is 3.31. The number of allylic oxidation sites excluding steroid dienone is 1. The fourth-order valence-corrected chi connectivity index (χ4v) is 1.29. The Kier molecular flexibility index (Phi) is 2.22. The molecule has 2 N–H and O–H groups in total. The van der Waals surface area contributed by atoms with Crippen LogP contribution in [0.25, 0.3) is 0 Å². The highest BCUT2D eigenvalue weighted by molar-refractivity contribution is 5.85. The van der Waals surface area contributed by atoms with Crippen molar-refractivity contribution >= 4 is 12.4 Å². The predicted octanol–water partition coefficient (Wildman–Crippen LogP) is 0.772. The lowest BCUT2D eigenvalue weighted by Gasteiger charge is -2.08. The van der Waals surface area contributed by atoms with Gasteiger partial charge in [0.25, 0.3) is 0 Å². The molecule has 0 aromatic rings. The molecular weight excluding hydrogens is 148 g/mol. The molecule has 2 rings (SSSR count). The third-order valence-electron chi connectivity index (χ3n) is 1.81. The molecule has 56 valence electrons. The SMILES string of the molecule is C1=CC2=C(CCN2)CN1.Cl. The monoisotopic (exact) mass is 158 g/mol. The molecule has 10 heavy (non-hydrogen) atoms. The third-order valence-corrected chi connectivity index (χ3v) is 1.81. The van der Waals surface area contributed by atoms with E-state index in [1.165, 1.54) is 17.7 Å². The summed E-state index contributed by atoms with van der Waals surface area (Å²) in [5.41, 5.74) is 2.87. The minimum absolute atomic E-state index is 0. The van der Waals surface area contributed by atoms with Gasteiger partial charge < -0.3 is 10.6 Å². The Morgan fingerprint density at radius 2 is 2.30 bits per heavy atom. The van der Waals surface area contributed by atoms with Gasteiger partial charge in [0.1, 0.15) is 0 Å². The van der Waals surface area contributed by atoms with Gasteiger partial charge in [0.15, 0.2) is 0 Å². The Morgan fingerprint density at radius 1 is 1.40 bits per heavy atom. The quantitative estimate of drug-likeness (QED) is 0.545. The van der Waals surface area contributed by atoms with E-state index in [2.05, 4.69) is 16.7 Å². The van der Waals surface area contributed by atoms with Gasteiger partial charge in [0.2, 0.25) is 0 Å². The van der Waals surface area contributed by atoms with Crippen molar-refractivity contribution < 1.29 is 0 Å². The van der Waals surface area contributed by atoms with Gasteiger partial charge in [-0.05, 0) is 24.3 Å². The van der Waals surface area contributed by atoms with Crippen LogP contribution in [0.2, 0.25) is 0 Å². The largest absolute Gasteiger partial charge is 0.387 e. The number of nitrogens with one attached hydrogen (secondary N) is 2. The molecule has 0 aliphatic carbocycles. The first-order chi connectivity index (χ1) is 4.47. The molecule has 0 spiro atoms. The van der Waals surface area contributed by atoms with Gasteiger partial charge in [-0.15, -0.1) is 12.4 Å². The number of hydrogen-bond donors (Lipinski definition) is 2. The highest BCUT2D eigenvalue weighted by atomic mass is 35.5. The van der Waals surface area contributed by atoms with Crippen LogP contribution in [0.4, 0.5) is 0 Å². The van der Waals surface area contributed by atoms with Crippen LogP contribution in [0.5, 0.6) is 0 Å². The number of hydrogen-bond acceptors (Lipinski definition) is 2. The molecule has 0 saturated carbocycles. The molecule has 2 heterocycles. The highest BCUT2D eigenvalue weighted by Crippen LogP contribution is 2.15. The van der Waals surface area contributed by atoms with E-state index in [9.17, 15) is 0 Å². The maximum Gasteiger partial charge on any atom is 0.0378 e. The molecule has 2 nitrogen and oxygen atoms in total. The Hall–Kier alpha value is -0.630. The molecule has 2 aliphatic rings. The molecule has 2 aliphatic heterocycles. The zero-order valence-electron chi connectivity index (χ0n) is 5.68. The summed E-state index contributed by atoms with van der Waals surface area (Å²) in [6.45, 7) is 2.16. The fourth-order valence-electron chi connectivity index (χ4n) is 1.29. The van der Waals surface area contributed by atoms with Crippen molar-refractivity contribution in [2.45, 2.75) is 6.42 Å². The van der Waals surface area contributed by atoms with E-state index in [0.717, 1.165) is 13.1 Å². The first-order valence-corrected chi connectivity index (χ1v) is 3.32. The average Bonchev–Trinajstić information content (AvgIpc) is 2.33. The van der Waals surface area contributed by atoms with Gasteiger partial charge in [-0.25, -0.2) is 0 Å². The van der Waals surface area contributed by atoms with E-state index in [1.807, 2.05) is 6.20 Å². The second-order valence-electron chi connectivity index (χ2n) is 2.41. The van der Waals surface area contributed by atoms with E-state index in [1.54, 1.807) is 0 Å². The molecule has 0 unspecified atom stereocenters. The molecule has 0 amide bonds. The van der Waals surface area contributed by atoms with E-state index in [0.29, 0.717) is 0 Å². The van der Waals surface area contributed by atoms with Gasteiger partial charge in [0, 0.05) is 18.8 Å². The van der Waals surface area contributed by atoms with E-state index in [4.69, 9.17) is 0 Å². The summed E-state index contributed by atoms with van der Waals surface area (Å²) in [4.78, 5) is 0. The molecular formula is C7H11ClN2. The molecule has 3 heteroatoms. The summed E-state index contributed by atoms with van der Waals surface area (Å²) < 4.78 is 0. The van der Waals surface area contributed by atoms with E-state index < -0.39 is 0 Å². The van der Waals surface area contributed by atoms with Crippen LogP contribution in [-0.2, 0) is 0 Å². The van der Waals surface area contributed by atoms with Crippen molar-refractivity contribution in [3.05, 3.63) is 23.5 Å². The molecule has 0 saturated heterocycles. The molecule has 0 atom stereocenters. The van der Waals surface area contributed by atoms with Crippen molar-refractivity contribution in [2.24, 2.45) is 0 Å². The van der Waals surface area contributed by atoms with Crippen LogP contribution in [0.1, 0.15) is 6.42 Å². The molecule has 0 fully saturated rings. The van der Waals surface area contributed by atoms with Crippen molar-refractivity contribution in [1.82, 2.24) is 10.6 Å². The van der Waals surface area contributed by atoms with Gasteiger partial charge in [-0.2, -0.15) is 0 Å². The first kappa shape index (κ1) is 7.48. The van der Waals surface area contributed by atoms with Gasteiger partial charge >= 0.3 is 0 Å². The highest BCUT2D eigenvalue weighted by Gasteiger charge is 2.12. The Labute approximate surface area is 66.8 Å². The van der Waals surface area contributed by atoms with Crippen molar-refractivity contribution in [3.8, 4) is 0 Å². The number of halogens is 1. The predicted molar refractivity (Wildman–Crippen MR) is 44.0 cm³/mol. The minimum Gasteiger partial charge on any atom is -0.387 e. The molecule has 0 aromatic carbocycles. The summed E-state index contributed by atoms with van der Waals surface area (Å²) in [5, 5.41) is 6.49. The minimum atomic E-state index is 0. The van der Waals surface area contributed by atoms with Crippen LogP contribution < -0.4 is 10.6 Å². The lowest BCUT2D eigenvalue weighted by molar-refractivity contribution is 0.868. The zero-order valence-corrected chi connectivity index (χ0v) is 6.50.